The Kier molecular flexibility index (Phi) is 3.92. The molecule has 1 aromatic rings. The molecule has 18 heavy (non-hydrogen) atoms. The van der Waals surface area contributed by atoms with Crippen LogP contribution in [0.5, 0.6) is 0 Å². The molecule has 1 aliphatic rings. The number of piperidine rings is 1. The fourth-order valence-corrected chi connectivity index (χ4v) is 2.71. The Balaban J connectivity index is 2.28. The maximum Gasteiger partial charge on any atom is 0.254 e. The lowest BCUT2D eigenvalue weighted by Gasteiger charge is -2.30. The fourth-order valence-electron chi connectivity index (χ4n) is 2.23. The summed E-state index contributed by atoms with van der Waals surface area (Å²) in [6, 6.07) is 3.58. The van der Waals surface area contributed by atoms with Crippen molar-refractivity contribution in [1.29, 1.82) is 0 Å². The molecule has 1 heterocycles. The molecule has 0 saturated carbocycles. The molecule has 4 nitrogen and oxygen atoms in total. The van der Waals surface area contributed by atoms with Gasteiger partial charge in [-0.2, -0.15) is 0 Å². The van der Waals surface area contributed by atoms with Crippen LogP contribution in [0.1, 0.15) is 28.8 Å². The van der Waals surface area contributed by atoms with Gasteiger partial charge in [0.15, 0.2) is 0 Å². The predicted molar refractivity (Wildman–Crippen MR) is 74.4 cm³/mol. The summed E-state index contributed by atoms with van der Waals surface area (Å²) in [5, 5.41) is 9.63. The first-order chi connectivity index (χ1) is 8.49. The molecule has 0 spiro atoms. The highest BCUT2D eigenvalue weighted by molar-refractivity contribution is 9.10. The highest BCUT2D eigenvalue weighted by Gasteiger charge is 2.24. The van der Waals surface area contributed by atoms with Gasteiger partial charge in [0.05, 0.1) is 6.10 Å². The number of carbonyl (C=O) groups is 1. The van der Waals surface area contributed by atoms with Crippen LogP contribution in [0.25, 0.3) is 0 Å². The first-order valence-electron chi connectivity index (χ1n) is 6.02. The molecule has 0 bridgehead atoms. The summed E-state index contributed by atoms with van der Waals surface area (Å²) in [7, 11) is 0. The lowest BCUT2D eigenvalue weighted by Crippen LogP contribution is -2.42. The Morgan fingerprint density at radius 3 is 2.94 bits per heavy atom. The van der Waals surface area contributed by atoms with Gasteiger partial charge in [-0.15, -0.1) is 0 Å². The second-order valence-corrected chi connectivity index (χ2v) is 5.63. The van der Waals surface area contributed by atoms with Crippen molar-refractivity contribution < 1.29 is 9.90 Å². The number of amides is 1. The minimum atomic E-state index is -0.410. The predicted octanol–water partition coefficient (Wildman–Crippen LogP) is 1.94. The molecule has 1 fully saturated rings. The Hall–Kier alpha value is -1.07. The summed E-state index contributed by atoms with van der Waals surface area (Å²) in [6.07, 6.45) is 1.20. The first-order valence-corrected chi connectivity index (χ1v) is 6.81. The number of anilines is 1. The largest absolute Gasteiger partial charge is 0.398 e. The van der Waals surface area contributed by atoms with Crippen molar-refractivity contribution in [2.24, 2.45) is 0 Å². The topological polar surface area (TPSA) is 66.6 Å². The first kappa shape index (κ1) is 13.4. The number of hydrogen-bond acceptors (Lipinski definition) is 3. The number of nitrogen functional groups attached to an aromatic ring is 1. The number of rotatable bonds is 1. The SMILES string of the molecule is Cc1c(N)cc(Br)cc1C(=O)N1CCC[C@H](O)C1. The molecule has 0 unspecified atom stereocenters. The third kappa shape index (κ3) is 2.67. The van der Waals surface area contributed by atoms with Crippen LogP contribution in [-0.2, 0) is 0 Å². The van der Waals surface area contributed by atoms with E-state index in [0.29, 0.717) is 24.3 Å². The zero-order valence-electron chi connectivity index (χ0n) is 10.3. The van der Waals surface area contributed by atoms with Crippen molar-refractivity contribution in [3.8, 4) is 0 Å². The Labute approximate surface area is 115 Å². The quantitative estimate of drug-likeness (QED) is 0.779. The number of halogens is 1. The van der Waals surface area contributed by atoms with E-state index in [-0.39, 0.29) is 5.91 Å². The van der Waals surface area contributed by atoms with Crippen molar-refractivity contribution in [1.82, 2.24) is 4.90 Å². The third-order valence-electron chi connectivity index (χ3n) is 3.33. The lowest BCUT2D eigenvalue weighted by molar-refractivity contribution is 0.0473. The van der Waals surface area contributed by atoms with Gasteiger partial charge in [0.1, 0.15) is 0 Å². The van der Waals surface area contributed by atoms with Gasteiger partial charge in [-0.05, 0) is 37.5 Å². The fraction of sp³-hybridized carbons (Fsp3) is 0.462. The number of nitrogens with zero attached hydrogens (tertiary/aromatic N) is 1. The van der Waals surface area contributed by atoms with Crippen LogP contribution in [0.15, 0.2) is 16.6 Å². The number of nitrogens with two attached hydrogens (primary N) is 1. The Bertz CT molecular complexity index is 476. The zero-order chi connectivity index (χ0) is 13.3. The molecule has 0 aromatic heterocycles. The number of benzene rings is 1. The second-order valence-electron chi connectivity index (χ2n) is 4.71. The van der Waals surface area contributed by atoms with E-state index in [4.69, 9.17) is 5.73 Å². The maximum atomic E-state index is 12.4. The molecule has 0 aliphatic carbocycles. The van der Waals surface area contributed by atoms with Gasteiger partial charge in [0.2, 0.25) is 0 Å². The molecule has 98 valence electrons. The van der Waals surface area contributed by atoms with Crippen molar-refractivity contribution in [2.45, 2.75) is 25.9 Å². The number of β-amino-alcohol motifs (C(OH)–C–C–N with tert-alkyl or cyclic N) is 1. The normalized spacial score (nSPS) is 19.9. The molecule has 1 aromatic carbocycles. The summed E-state index contributed by atoms with van der Waals surface area (Å²) < 4.78 is 0.798. The van der Waals surface area contributed by atoms with Gasteiger partial charge in [-0.3, -0.25) is 4.79 Å². The molecule has 1 amide bonds. The zero-order valence-corrected chi connectivity index (χ0v) is 11.9. The minimum absolute atomic E-state index is 0.0562. The van der Waals surface area contributed by atoms with E-state index in [1.54, 1.807) is 17.0 Å². The van der Waals surface area contributed by atoms with Gasteiger partial charge in [0, 0.05) is 28.8 Å². The van der Waals surface area contributed by atoms with Crippen LogP contribution in [0.2, 0.25) is 0 Å². The van der Waals surface area contributed by atoms with Crippen molar-refractivity contribution in [3.05, 3.63) is 27.7 Å². The summed E-state index contributed by atoms with van der Waals surface area (Å²) in [6.45, 7) is 2.95. The Morgan fingerprint density at radius 2 is 2.28 bits per heavy atom. The van der Waals surface area contributed by atoms with E-state index in [0.717, 1.165) is 22.9 Å². The molecule has 5 heteroatoms. The average molecular weight is 313 g/mol. The highest BCUT2D eigenvalue weighted by atomic mass is 79.9. The van der Waals surface area contributed by atoms with E-state index in [1.165, 1.54) is 0 Å². The molecule has 2 rings (SSSR count). The van der Waals surface area contributed by atoms with Crippen LogP contribution in [-0.4, -0.2) is 35.1 Å². The van der Waals surface area contributed by atoms with E-state index >= 15 is 0 Å². The van der Waals surface area contributed by atoms with E-state index in [2.05, 4.69) is 15.9 Å². The summed E-state index contributed by atoms with van der Waals surface area (Å²) in [4.78, 5) is 14.1. The minimum Gasteiger partial charge on any atom is -0.398 e. The average Bonchev–Trinajstić information content (AvgIpc) is 2.33. The smallest absolute Gasteiger partial charge is 0.254 e. The van der Waals surface area contributed by atoms with Gasteiger partial charge in [-0.1, -0.05) is 15.9 Å². The second kappa shape index (κ2) is 5.28. The Morgan fingerprint density at radius 1 is 1.56 bits per heavy atom. The van der Waals surface area contributed by atoms with Crippen LogP contribution in [0.3, 0.4) is 0 Å². The molecular formula is C13H17BrN2O2. The molecule has 3 N–H and O–H groups in total. The molecule has 0 radical (unpaired) electrons. The molecule has 1 atom stereocenters. The summed E-state index contributed by atoms with van der Waals surface area (Å²) in [5.41, 5.74) is 7.87. The van der Waals surface area contributed by atoms with Crippen molar-refractivity contribution in [3.63, 3.8) is 0 Å². The van der Waals surface area contributed by atoms with Crippen LogP contribution in [0.4, 0.5) is 5.69 Å². The third-order valence-corrected chi connectivity index (χ3v) is 3.78. The number of likely N-dealkylation sites (tertiary alicyclic amines) is 1. The summed E-state index contributed by atoms with van der Waals surface area (Å²) >= 11 is 3.35. The van der Waals surface area contributed by atoms with Crippen LogP contribution in [0, 0.1) is 6.92 Å². The van der Waals surface area contributed by atoms with E-state index in [9.17, 15) is 9.90 Å². The molecule has 1 aliphatic heterocycles. The number of aliphatic hydroxyl groups is 1. The van der Waals surface area contributed by atoms with Gasteiger partial charge < -0.3 is 15.7 Å². The van der Waals surface area contributed by atoms with Gasteiger partial charge >= 0.3 is 0 Å². The lowest BCUT2D eigenvalue weighted by atomic mass is 10.0. The standard InChI is InChI=1S/C13H17BrN2O2/c1-8-11(5-9(14)6-12(8)15)13(18)16-4-2-3-10(17)7-16/h5-6,10,17H,2-4,7,15H2,1H3/t10-/m0/s1. The summed E-state index contributed by atoms with van der Waals surface area (Å²) in [5.74, 6) is -0.0562. The highest BCUT2D eigenvalue weighted by Crippen LogP contribution is 2.25. The van der Waals surface area contributed by atoms with Gasteiger partial charge in [0.25, 0.3) is 5.91 Å². The van der Waals surface area contributed by atoms with Crippen molar-refractivity contribution in [2.75, 3.05) is 18.8 Å². The number of carbonyl (C=O) groups excluding carboxylic acids is 1. The van der Waals surface area contributed by atoms with Crippen LogP contribution < -0.4 is 5.73 Å². The number of hydrogen-bond donors (Lipinski definition) is 2. The monoisotopic (exact) mass is 312 g/mol. The molecular weight excluding hydrogens is 296 g/mol. The van der Waals surface area contributed by atoms with Gasteiger partial charge in [-0.25, -0.2) is 0 Å². The van der Waals surface area contributed by atoms with Crippen molar-refractivity contribution >= 4 is 27.5 Å². The maximum absolute atomic E-state index is 12.4. The van der Waals surface area contributed by atoms with Crippen LogP contribution >= 0.6 is 15.9 Å². The number of aliphatic hydroxyl groups excluding tert-OH is 1. The molecule has 1 saturated heterocycles. The van der Waals surface area contributed by atoms with E-state index in [1.807, 2.05) is 6.92 Å². The van der Waals surface area contributed by atoms with E-state index < -0.39 is 6.10 Å².